The Labute approximate surface area is 96.5 Å². The Morgan fingerprint density at radius 2 is 2.31 bits per heavy atom. The number of rotatable bonds is 6. The molecule has 0 saturated carbocycles. The van der Waals surface area contributed by atoms with E-state index >= 15 is 0 Å². The first-order valence-corrected chi connectivity index (χ1v) is 5.62. The van der Waals surface area contributed by atoms with Gasteiger partial charge in [0.05, 0.1) is 18.6 Å². The summed E-state index contributed by atoms with van der Waals surface area (Å²) in [4.78, 5) is 17.3. The van der Waals surface area contributed by atoms with Gasteiger partial charge in [-0.15, -0.1) is 0 Å². The zero-order chi connectivity index (χ0) is 12.0. The average molecular weight is 224 g/mol. The van der Waals surface area contributed by atoms with Crippen LogP contribution in [0.15, 0.2) is 12.5 Å². The molecule has 0 radical (unpaired) electrons. The standard InChI is InChI=1S/C11H20N4O/c1-4-14(3)11(16)8-12-6-10-7-13-9-15(10)5-2/h7,9,12H,4-6,8H2,1-3H3. The van der Waals surface area contributed by atoms with Crippen LogP contribution in [0.2, 0.25) is 0 Å². The molecule has 0 saturated heterocycles. The van der Waals surface area contributed by atoms with Gasteiger partial charge in [-0.25, -0.2) is 4.98 Å². The van der Waals surface area contributed by atoms with Gasteiger partial charge in [0, 0.05) is 32.9 Å². The third kappa shape index (κ3) is 3.34. The molecule has 0 aliphatic rings. The SMILES string of the molecule is CCN(C)C(=O)CNCc1cncn1CC. The van der Waals surface area contributed by atoms with E-state index in [4.69, 9.17) is 0 Å². The van der Waals surface area contributed by atoms with Crippen LogP contribution in [0.5, 0.6) is 0 Å². The summed E-state index contributed by atoms with van der Waals surface area (Å²) in [6, 6.07) is 0. The molecule has 0 bridgehead atoms. The van der Waals surface area contributed by atoms with Crippen LogP contribution < -0.4 is 5.32 Å². The fourth-order valence-electron chi connectivity index (χ4n) is 1.39. The van der Waals surface area contributed by atoms with Crippen molar-refractivity contribution in [2.24, 2.45) is 0 Å². The first-order valence-electron chi connectivity index (χ1n) is 5.62. The molecule has 1 aromatic rings. The highest BCUT2D eigenvalue weighted by atomic mass is 16.2. The van der Waals surface area contributed by atoms with Gasteiger partial charge in [-0.3, -0.25) is 4.79 Å². The number of likely N-dealkylation sites (N-methyl/N-ethyl adjacent to an activating group) is 1. The molecule has 1 aromatic heterocycles. The quantitative estimate of drug-likeness (QED) is 0.764. The van der Waals surface area contributed by atoms with E-state index in [0.29, 0.717) is 13.1 Å². The summed E-state index contributed by atoms with van der Waals surface area (Å²) in [6.07, 6.45) is 3.63. The van der Waals surface area contributed by atoms with Gasteiger partial charge in [-0.2, -0.15) is 0 Å². The van der Waals surface area contributed by atoms with E-state index in [-0.39, 0.29) is 5.91 Å². The number of amides is 1. The van der Waals surface area contributed by atoms with Crippen molar-refractivity contribution in [2.45, 2.75) is 26.9 Å². The van der Waals surface area contributed by atoms with Gasteiger partial charge in [0.15, 0.2) is 0 Å². The molecule has 1 N–H and O–H groups in total. The van der Waals surface area contributed by atoms with Crippen LogP contribution in [0, 0.1) is 0 Å². The molecule has 0 aliphatic carbocycles. The molecule has 1 amide bonds. The summed E-state index contributed by atoms with van der Waals surface area (Å²) in [6.45, 7) is 6.73. The fraction of sp³-hybridized carbons (Fsp3) is 0.636. The third-order valence-corrected chi connectivity index (χ3v) is 2.62. The molecule has 0 spiro atoms. The Balaban J connectivity index is 2.33. The Morgan fingerprint density at radius 1 is 1.56 bits per heavy atom. The number of imidazole rings is 1. The van der Waals surface area contributed by atoms with E-state index in [1.807, 2.05) is 13.1 Å². The minimum absolute atomic E-state index is 0.116. The summed E-state index contributed by atoms with van der Waals surface area (Å²) in [5.41, 5.74) is 1.11. The number of nitrogens with one attached hydrogen (secondary N) is 1. The number of carbonyl (C=O) groups excluding carboxylic acids is 1. The second kappa shape index (κ2) is 6.27. The maximum Gasteiger partial charge on any atom is 0.236 e. The van der Waals surface area contributed by atoms with Crippen molar-refractivity contribution >= 4 is 5.91 Å². The molecule has 0 fully saturated rings. The van der Waals surface area contributed by atoms with Crippen LogP contribution in [-0.4, -0.2) is 40.5 Å². The highest BCUT2D eigenvalue weighted by Crippen LogP contribution is 1.97. The number of hydrogen-bond donors (Lipinski definition) is 1. The van der Waals surface area contributed by atoms with E-state index in [2.05, 4.69) is 21.8 Å². The molecule has 5 nitrogen and oxygen atoms in total. The molecule has 5 heteroatoms. The molecule has 90 valence electrons. The lowest BCUT2D eigenvalue weighted by molar-refractivity contribution is -0.128. The fourth-order valence-corrected chi connectivity index (χ4v) is 1.39. The summed E-state index contributed by atoms with van der Waals surface area (Å²) >= 11 is 0. The second-order valence-electron chi connectivity index (χ2n) is 3.68. The van der Waals surface area contributed by atoms with Crippen molar-refractivity contribution in [3.63, 3.8) is 0 Å². The van der Waals surface area contributed by atoms with Crippen molar-refractivity contribution in [3.05, 3.63) is 18.2 Å². The monoisotopic (exact) mass is 224 g/mol. The van der Waals surface area contributed by atoms with Crippen molar-refractivity contribution in [1.29, 1.82) is 0 Å². The van der Waals surface area contributed by atoms with E-state index in [1.165, 1.54) is 0 Å². The average Bonchev–Trinajstić information content (AvgIpc) is 2.75. The summed E-state index contributed by atoms with van der Waals surface area (Å²) in [5, 5.41) is 3.13. The molecule has 1 rings (SSSR count). The molecule has 0 aromatic carbocycles. The van der Waals surface area contributed by atoms with Gasteiger partial charge in [0.2, 0.25) is 5.91 Å². The molecule has 0 aliphatic heterocycles. The molecule has 0 atom stereocenters. The van der Waals surface area contributed by atoms with E-state index in [1.54, 1.807) is 18.3 Å². The van der Waals surface area contributed by atoms with Crippen LogP contribution in [0.3, 0.4) is 0 Å². The molecule has 1 heterocycles. The summed E-state index contributed by atoms with van der Waals surface area (Å²) < 4.78 is 2.06. The Morgan fingerprint density at radius 3 is 2.94 bits per heavy atom. The van der Waals surface area contributed by atoms with Gasteiger partial charge in [0.1, 0.15) is 0 Å². The van der Waals surface area contributed by atoms with Crippen LogP contribution in [-0.2, 0) is 17.9 Å². The highest BCUT2D eigenvalue weighted by molar-refractivity contribution is 5.77. The van der Waals surface area contributed by atoms with E-state index < -0.39 is 0 Å². The van der Waals surface area contributed by atoms with Crippen molar-refractivity contribution in [1.82, 2.24) is 19.8 Å². The highest BCUT2D eigenvalue weighted by Gasteiger charge is 2.06. The number of aromatic nitrogens is 2. The molecular weight excluding hydrogens is 204 g/mol. The van der Waals surface area contributed by atoms with Crippen LogP contribution in [0.25, 0.3) is 0 Å². The van der Waals surface area contributed by atoms with Crippen molar-refractivity contribution < 1.29 is 4.79 Å². The van der Waals surface area contributed by atoms with Gasteiger partial charge >= 0.3 is 0 Å². The van der Waals surface area contributed by atoms with Crippen molar-refractivity contribution in [3.8, 4) is 0 Å². The maximum atomic E-state index is 11.5. The first-order chi connectivity index (χ1) is 7.69. The number of carbonyl (C=O) groups is 1. The predicted octanol–water partition coefficient (Wildman–Crippen LogP) is 0.471. The number of nitrogens with zero attached hydrogens (tertiary/aromatic N) is 3. The number of aryl methyl sites for hydroxylation is 1. The van der Waals surface area contributed by atoms with Gasteiger partial charge < -0.3 is 14.8 Å². The lowest BCUT2D eigenvalue weighted by Gasteiger charge is -2.14. The van der Waals surface area contributed by atoms with Crippen molar-refractivity contribution in [2.75, 3.05) is 20.1 Å². The Kier molecular flexibility index (Phi) is 4.98. The third-order valence-electron chi connectivity index (χ3n) is 2.62. The lowest BCUT2D eigenvalue weighted by atomic mass is 10.4. The van der Waals surface area contributed by atoms with Gasteiger partial charge in [0.25, 0.3) is 0 Å². The first kappa shape index (κ1) is 12.7. The predicted molar refractivity (Wildman–Crippen MR) is 62.9 cm³/mol. The zero-order valence-corrected chi connectivity index (χ0v) is 10.2. The Hall–Kier alpha value is -1.36. The minimum Gasteiger partial charge on any atom is -0.345 e. The van der Waals surface area contributed by atoms with Gasteiger partial charge in [-0.05, 0) is 13.8 Å². The van der Waals surface area contributed by atoms with Crippen LogP contribution in [0.1, 0.15) is 19.5 Å². The van der Waals surface area contributed by atoms with E-state index in [0.717, 1.165) is 18.8 Å². The zero-order valence-electron chi connectivity index (χ0n) is 10.2. The Bertz CT molecular complexity index is 334. The second-order valence-corrected chi connectivity index (χ2v) is 3.68. The summed E-state index contributed by atoms with van der Waals surface area (Å²) in [7, 11) is 1.81. The lowest BCUT2D eigenvalue weighted by Crippen LogP contribution is -2.35. The minimum atomic E-state index is 0.116. The molecule has 0 unspecified atom stereocenters. The maximum absolute atomic E-state index is 11.5. The summed E-state index contributed by atoms with van der Waals surface area (Å²) in [5.74, 6) is 0.116. The van der Waals surface area contributed by atoms with Crippen LogP contribution >= 0.6 is 0 Å². The molecule has 16 heavy (non-hydrogen) atoms. The van der Waals surface area contributed by atoms with E-state index in [9.17, 15) is 4.79 Å². The largest absolute Gasteiger partial charge is 0.345 e. The number of hydrogen-bond acceptors (Lipinski definition) is 3. The van der Waals surface area contributed by atoms with Gasteiger partial charge in [-0.1, -0.05) is 0 Å². The normalized spacial score (nSPS) is 10.4. The molecular formula is C11H20N4O. The van der Waals surface area contributed by atoms with Crippen LogP contribution in [0.4, 0.5) is 0 Å². The topological polar surface area (TPSA) is 50.2 Å². The smallest absolute Gasteiger partial charge is 0.236 e.